The van der Waals surface area contributed by atoms with Gasteiger partial charge in [-0.05, 0) is 0 Å². The zero-order valence-corrected chi connectivity index (χ0v) is 7.98. The van der Waals surface area contributed by atoms with Crippen molar-refractivity contribution in [1.82, 2.24) is 19.7 Å². The number of aromatic nitrogens is 3. The van der Waals surface area contributed by atoms with Crippen molar-refractivity contribution in [2.24, 2.45) is 0 Å². The average molecular weight is 199 g/mol. The normalized spacial score (nSPS) is 17.9. The lowest BCUT2D eigenvalue weighted by molar-refractivity contribution is 0.230. The van der Waals surface area contributed by atoms with Crippen molar-refractivity contribution in [1.29, 1.82) is 0 Å². The molecule has 0 aromatic carbocycles. The molecule has 1 aromatic heterocycles. The summed E-state index contributed by atoms with van der Waals surface area (Å²) in [5.74, 6) is 1.04. The third-order valence-corrected chi connectivity index (χ3v) is 2.32. The summed E-state index contributed by atoms with van der Waals surface area (Å²) in [6, 6.07) is 0. The van der Waals surface area contributed by atoms with Crippen LogP contribution in [0.15, 0.2) is 17.9 Å². The van der Waals surface area contributed by atoms with Crippen molar-refractivity contribution in [2.45, 2.75) is 13.1 Å². The standard InChI is InChI=1S/C8H11ClN4/c9-2-1-3-12-4-5-13-8(6-12)10-7-11-13/h1-2,7H,3-6H2/b2-1+. The minimum atomic E-state index is 0.862. The highest BCUT2D eigenvalue weighted by Crippen LogP contribution is 2.07. The molecule has 4 nitrogen and oxygen atoms in total. The van der Waals surface area contributed by atoms with Gasteiger partial charge < -0.3 is 0 Å². The van der Waals surface area contributed by atoms with E-state index in [2.05, 4.69) is 15.0 Å². The molecule has 0 saturated carbocycles. The van der Waals surface area contributed by atoms with Crippen LogP contribution in [0.3, 0.4) is 0 Å². The lowest BCUT2D eigenvalue weighted by atomic mass is 10.3. The molecule has 5 heteroatoms. The molecular weight excluding hydrogens is 188 g/mol. The van der Waals surface area contributed by atoms with E-state index in [9.17, 15) is 0 Å². The molecule has 0 amide bonds. The minimum Gasteiger partial charge on any atom is -0.290 e. The lowest BCUT2D eigenvalue weighted by Gasteiger charge is -2.24. The van der Waals surface area contributed by atoms with Crippen LogP contribution in [-0.4, -0.2) is 32.8 Å². The Morgan fingerprint density at radius 2 is 2.46 bits per heavy atom. The summed E-state index contributed by atoms with van der Waals surface area (Å²) in [4.78, 5) is 6.45. The van der Waals surface area contributed by atoms with E-state index < -0.39 is 0 Å². The van der Waals surface area contributed by atoms with E-state index in [0.29, 0.717) is 0 Å². The van der Waals surface area contributed by atoms with Crippen molar-refractivity contribution < 1.29 is 0 Å². The smallest absolute Gasteiger partial charge is 0.141 e. The summed E-state index contributed by atoms with van der Waals surface area (Å²) in [6.45, 7) is 3.68. The fourth-order valence-electron chi connectivity index (χ4n) is 1.46. The third kappa shape index (κ3) is 1.89. The molecular formula is C8H11ClN4. The van der Waals surface area contributed by atoms with E-state index in [0.717, 1.165) is 32.0 Å². The van der Waals surface area contributed by atoms with Crippen molar-refractivity contribution >= 4 is 11.6 Å². The monoisotopic (exact) mass is 198 g/mol. The van der Waals surface area contributed by atoms with Crippen LogP contribution >= 0.6 is 11.6 Å². The maximum Gasteiger partial charge on any atom is 0.141 e. The summed E-state index contributed by atoms with van der Waals surface area (Å²) in [5, 5.41) is 4.11. The summed E-state index contributed by atoms with van der Waals surface area (Å²) < 4.78 is 1.95. The second kappa shape index (κ2) is 3.89. The summed E-state index contributed by atoms with van der Waals surface area (Å²) >= 11 is 5.46. The molecule has 13 heavy (non-hydrogen) atoms. The minimum absolute atomic E-state index is 0.862. The summed E-state index contributed by atoms with van der Waals surface area (Å²) in [5.41, 5.74) is 1.55. The largest absolute Gasteiger partial charge is 0.290 e. The van der Waals surface area contributed by atoms with E-state index in [-0.39, 0.29) is 0 Å². The zero-order valence-electron chi connectivity index (χ0n) is 7.23. The number of rotatable bonds is 2. The van der Waals surface area contributed by atoms with Crippen molar-refractivity contribution in [3.8, 4) is 0 Å². The lowest BCUT2D eigenvalue weighted by Crippen LogP contribution is -2.34. The van der Waals surface area contributed by atoms with Crippen LogP contribution in [0.2, 0.25) is 0 Å². The van der Waals surface area contributed by atoms with Crippen LogP contribution in [0, 0.1) is 0 Å². The topological polar surface area (TPSA) is 34.0 Å². The maximum atomic E-state index is 5.46. The van der Waals surface area contributed by atoms with Gasteiger partial charge in [0.05, 0.1) is 13.1 Å². The molecule has 0 aliphatic carbocycles. The van der Waals surface area contributed by atoms with Gasteiger partial charge in [0.15, 0.2) is 0 Å². The molecule has 0 radical (unpaired) electrons. The SMILES string of the molecule is Cl/C=C/CN1CCn2ncnc2C1. The predicted octanol–water partition coefficient (Wildman–Crippen LogP) is 0.846. The van der Waals surface area contributed by atoms with E-state index >= 15 is 0 Å². The van der Waals surface area contributed by atoms with Crippen LogP contribution in [0.1, 0.15) is 5.82 Å². The molecule has 0 fully saturated rings. The molecule has 1 aliphatic rings. The van der Waals surface area contributed by atoms with Gasteiger partial charge in [0, 0.05) is 18.6 Å². The van der Waals surface area contributed by atoms with Gasteiger partial charge >= 0.3 is 0 Å². The van der Waals surface area contributed by atoms with E-state index in [1.165, 1.54) is 0 Å². The number of halogens is 1. The van der Waals surface area contributed by atoms with Gasteiger partial charge in [-0.3, -0.25) is 4.90 Å². The number of nitrogens with zero attached hydrogens (tertiary/aromatic N) is 4. The second-order valence-corrected chi connectivity index (χ2v) is 3.25. The fraction of sp³-hybridized carbons (Fsp3) is 0.500. The fourth-order valence-corrected chi connectivity index (χ4v) is 1.54. The molecule has 0 N–H and O–H groups in total. The van der Waals surface area contributed by atoms with Crippen LogP contribution in [0.25, 0.3) is 0 Å². The third-order valence-electron chi connectivity index (χ3n) is 2.14. The second-order valence-electron chi connectivity index (χ2n) is 3.00. The molecule has 0 unspecified atom stereocenters. The highest BCUT2D eigenvalue weighted by molar-refractivity contribution is 6.25. The number of fused-ring (bicyclic) bond motifs is 1. The van der Waals surface area contributed by atoms with Crippen molar-refractivity contribution in [2.75, 3.05) is 13.1 Å². The first-order chi connectivity index (χ1) is 6.40. The van der Waals surface area contributed by atoms with Crippen LogP contribution in [-0.2, 0) is 13.1 Å². The van der Waals surface area contributed by atoms with E-state index in [1.807, 2.05) is 10.8 Å². The van der Waals surface area contributed by atoms with Crippen molar-refractivity contribution in [3.05, 3.63) is 23.8 Å². The van der Waals surface area contributed by atoms with Gasteiger partial charge in [-0.25, -0.2) is 9.67 Å². The van der Waals surface area contributed by atoms with Gasteiger partial charge in [0.25, 0.3) is 0 Å². The summed E-state index contributed by atoms with van der Waals surface area (Å²) in [7, 11) is 0. The molecule has 2 heterocycles. The van der Waals surface area contributed by atoms with E-state index in [1.54, 1.807) is 11.9 Å². The molecule has 2 rings (SSSR count). The molecule has 0 atom stereocenters. The Morgan fingerprint density at radius 1 is 1.54 bits per heavy atom. The summed E-state index contributed by atoms with van der Waals surface area (Å²) in [6.07, 6.45) is 3.55. The number of hydrogen-bond donors (Lipinski definition) is 0. The average Bonchev–Trinajstić information content (AvgIpc) is 2.61. The Labute approximate surface area is 81.8 Å². The molecule has 0 bridgehead atoms. The number of hydrogen-bond acceptors (Lipinski definition) is 3. The first-order valence-corrected chi connectivity index (χ1v) is 4.68. The first-order valence-electron chi connectivity index (χ1n) is 4.24. The molecule has 70 valence electrons. The Balaban J connectivity index is 2.00. The molecule has 1 aliphatic heterocycles. The van der Waals surface area contributed by atoms with Crippen LogP contribution in [0.4, 0.5) is 0 Å². The Morgan fingerprint density at radius 3 is 3.31 bits per heavy atom. The zero-order chi connectivity index (χ0) is 9.10. The van der Waals surface area contributed by atoms with Gasteiger partial charge in [0.1, 0.15) is 12.2 Å². The van der Waals surface area contributed by atoms with Crippen LogP contribution in [0.5, 0.6) is 0 Å². The molecule has 0 spiro atoms. The van der Waals surface area contributed by atoms with Gasteiger partial charge in [-0.1, -0.05) is 17.7 Å². The Bertz CT molecular complexity index is 307. The van der Waals surface area contributed by atoms with Gasteiger partial charge in [0.2, 0.25) is 0 Å². The van der Waals surface area contributed by atoms with Crippen LogP contribution < -0.4 is 0 Å². The van der Waals surface area contributed by atoms with Crippen molar-refractivity contribution in [3.63, 3.8) is 0 Å². The Hall–Kier alpha value is -0.870. The van der Waals surface area contributed by atoms with Gasteiger partial charge in [-0.15, -0.1) is 0 Å². The van der Waals surface area contributed by atoms with Gasteiger partial charge in [-0.2, -0.15) is 5.10 Å². The quantitative estimate of drug-likeness (QED) is 0.707. The van der Waals surface area contributed by atoms with E-state index in [4.69, 9.17) is 11.6 Å². The first kappa shape index (κ1) is 8.72. The molecule has 0 saturated heterocycles. The highest BCUT2D eigenvalue weighted by Gasteiger charge is 2.15. The Kier molecular flexibility index (Phi) is 2.61. The molecule has 1 aromatic rings. The highest BCUT2D eigenvalue weighted by atomic mass is 35.5. The maximum absolute atomic E-state index is 5.46. The predicted molar refractivity (Wildman–Crippen MR) is 50.3 cm³/mol.